The van der Waals surface area contributed by atoms with Gasteiger partial charge in [0.25, 0.3) is 5.56 Å². The Balaban J connectivity index is 1.88. The quantitative estimate of drug-likeness (QED) is 0.570. The van der Waals surface area contributed by atoms with Gasteiger partial charge in [-0.3, -0.25) is 19.1 Å². The third-order valence-corrected chi connectivity index (χ3v) is 7.60. The number of aromatic nitrogens is 2. The molecule has 3 aromatic rings. The van der Waals surface area contributed by atoms with Gasteiger partial charge in [-0.05, 0) is 24.6 Å². The second-order valence-corrected chi connectivity index (χ2v) is 9.46. The molecular weight excluding hydrogens is 434 g/mol. The topological polar surface area (TPSA) is 71.9 Å². The number of ketones is 1. The van der Waals surface area contributed by atoms with Crippen LogP contribution in [0.3, 0.4) is 0 Å². The molecule has 1 N–H and O–H groups in total. The van der Waals surface area contributed by atoms with Crippen molar-refractivity contribution in [3.05, 3.63) is 61.3 Å². The standard InChI is InChI=1S/C21H15ClF2N2O3S/c1-9-2-12-17-18(16(9)11-3-13(22)15(24)4-14(11)23)30-8-21(5-10(27)6-21)7-26(17)20(29)25-19(12)28/h2-4H,5-8H2,1H3,(H,25,28,29). The summed E-state index contributed by atoms with van der Waals surface area (Å²) in [6.45, 7) is 2.02. The summed E-state index contributed by atoms with van der Waals surface area (Å²) in [6.07, 6.45) is 0.707. The molecule has 154 valence electrons. The van der Waals surface area contributed by atoms with Gasteiger partial charge >= 0.3 is 5.69 Å². The van der Waals surface area contributed by atoms with Gasteiger partial charge < -0.3 is 0 Å². The van der Waals surface area contributed by atoms with Crippen molar-refractivity contribution in [1.82, 2.24) is 9.55 Å². The van der Waals surface area contributed by atoms with Gasteiger partial charge in [0.2, 0.25) is 0 Å². The molecule has 0 amide bonds. The predicted octanol–water partition coefficient (Wildman–Crippen LogP) is 4.05. The molecule has 2 aliphatic rings. The molecule has 5 nitrogen and oxygen atoms in total. The fourth-order valence-corrected chi connectivity index (χ4v) is 6.18. The van der Waals surface area contributed by atoms with Crippen molar-refractivity contribution in [3.63, 3.8) is 0 Å². The molecule has 0 atom stereocenters. The minimum absolute atomic E-state index is 0.100. The molecule has 0 unspecified atom stereocenters. The lowest BCUT2D eigenvalue weighted by Gasteiger charge is -2.39. The number of nitrogens with one attached hydrogen (secondary N) is 1. The molecule has 2 aromatic carbocycles. The minimum Gasteiger partial charge on any atom is -0.300 e. The average Bonchev–Trinajstić information content (AvgIpc) is 2.82. The van der Waals surface area contributed by atoms with Gasteiger partial charge in [-0.25, -0.2) is 13.6 Å². The van der Waals surface area contributed by atoms with Crippen LogP contribution in [0.4, 0.5) is 8.78 Å². The van der Waals surface area contributed by atoms with E-state index in [2.05, 4.69) is 4.98 Å². The minimum atomic E-state index is -0.866. The van der Waals surface area contributed by atoms with Gasteiger partial charge in [-0.1, -0.05) is 11.6 Å². The Bertz CT molecular complexity index is 1390. The molecule has 1 aliphatic heterocycles. The number of benzene rings is 2. The molecule has 1 saturated carbocycles. The van der Waals surface area contributed by atoms with Crippen LogP contribution in [0.5, 0.6) is 0 Å². The Morgan fingerprint density at radius 3 is 2.57 bits per heavy atom. The van der Waals surface area contributed by atoms with Gasteiger partial charge in [0, 0.05) is 52.6 Å². The van der Waals surface area contributed by atoms with E-state index in [-0.39, 0.29) is 21.8 Å². The number of rotatable bonds is 1. The van der Waals surface area contributed by atoms with E-state index in [0.29, 0.717) is 52.1 Å². The first kappa shape index (κ1) is 19.5. The monoisotopic (exact) mass is 448 g/mol. The van der Waals surface area contributed by atoms with Crippen LogP contribution in [-0.4, -0.2) is 21.1 Å². The lowest BCUT2D eigenvalue weighted by Crippen LogP contribution is -2.45. The van der Waals surface area contributed by atoms with E-state index in [1.165, 1.54) is 22.4 Å². The smallest absolute Gasteiger partial charge is 0.300 e. The lowest BCUT2D eigenvalue weighted by molar-refractivity contribution is -0.132. The first-order valence-electron chi connectivity index (χ1n) is 9.29. The van der Waals surface area contributed by atoms with E-state index in [1.807, 2.05) is 0 Å². The number of Topliss-reactive ketones (excluding diaryl/α,β-unsaturated/α-hetero) is 1. The Kier molecular flexibility index (Phi) is 4.24. The molecule has 0 radical (unpaired) electrons. The van der Waals surface area contributed by atoms with E-state index in [4.69, 9.17) is 11.6 Å². The molecule has 9 heteroatoms. The SMILES string of the molecule is Cc1cc2c(=O)[nH]c(=O)n3c2c(c1-c1cc(Cl)c(F)cc1F)SCC1(CC(=O)C1)C3. The molecule has 1 aromatic heterocycles. The number of halogens is 3. The third-order valence-electron chi connectivity index (χ3n) is 5.87. The summed E-state index contributed by atoms with van der Waals surface area (Å²) >= 11 is 7.32. The number of carbonyl (C=O) groups excluding carboxylic acids is 1. The van der Waals surface area contributed by atoms with E-state index >= 15 is 0 Å². The summed E-state index contributed by atoms with van der Waals surface area (Å²) in [5, 5.41) is 0.0933. The van der Waals surface area contributed by atoms with Crippen LogP contribution in [0.25, 0.3) is 22.0 Å². The molecule has 30 heavy (non-hydrogen) atoms. The summed E-state index contributed by atoms with van der Waals surface area (Å²) in [4.78, 5) is 39.9. The number of nitrogens with zero attached hydrogens (tertiary/aromatic N) is 1. The van der Waals surface area contributed by atoms with E-state index in [1.54, 1.807) is 13.0 Å². The van der Waals surface area contributed by atoms with Gasteiger partial charge in [-0.15, -0.1) is 11.8 Å². The molecule has 1 spiro atoms. The summed E-state index contributed by atoms with van der Waals surface area (Å²) in [7, 11) is 0. The maximum Gasteiger partial charge on any atom is 0.328 e. The fraction of sp³-hybridized carbons (Fsp3) is 0.286. The highest BCUT2D eigenvalue weighted by Gasteiger charge is 2.46. The lowest BCUT2D eigenvalue weighted by atomic mass is 9.69. The van der Waals surface area contributed by atoms with Crippen molar-refractivity contribution in [1.29, 1.82) is 0 Å². The average molecular weight is 449 g/mol. The van der Waals surface area contributed by atoms with Crippen molar-refractivity contribution in [2.45, 2.75) is 31.2 Å². The summed E-state index contributed by atoms with van der Waals surface area (Å²) in [5.41, 5.74) is 0.0909. The number of H-pyrrole nitrogens is 1. The first-order chi connectivity index (χ1) is 14.2. The summed E-state index contributed by atoms with van der Waals surface area (Å²) in [5.74, 6) is -0.984. The molecule has 5 rings (SSSR count). The Hall–Kier alpha value is -2.45. The van der Waals surface area contributed by atoms with Crippen LogP contribution in [0.2, 0.25) is 5.02 Å². The van der Waals surface area contributed by atoms with Crippen LogP contribution in [0.15, 0.2) is 32.7 Å². The maximum absolute atomic E-state index is 14.8. The number of aromatic amines is 1. The number of thioether (sulfide) groups is 1. The van der Waals surface area contributed by atoms with Crippen molar-refractivity contribution >= 4 is 40.0 Å². The fourth-order valence-electron chi connectivity index (χ4n) is 4.50. The zero-order valence-corrected chi connectivity index (χ0v) is 17.3. The highest BCUT2D eigenvalue weighted by Crippen LogP contribution is 2.50. The number of hydrogen-bond acceptors (Lipinski definition) is 4. The molecule has 1 fully saturated rings. The van der Waals surface area contributed by atoms with E-state index in [0.717, 1.165) is 6.07 Å². The number of hydrogen-bond donors (Lipinski definition) is 1. The zero-order chi connectivity index (χ0) is 21.4. The van der Waals surface area contributed by atoms with Crippen molar-refractivity contribution < 1.29 is 13.6 Å². The van der Waals surface area contributed by atoms with Crippen LogP contribution < -0.4 is 11.2 Å². The highest BCUT2D eigenvalue weighted by molar-refractivity contribution is 7.99. The highest BCUT2D eigenvalue weighted by atomic mass is 35.5. The Morgan fingerprint density at radius 1 is 1.13 bits per heavy atom. The van der Waals surface area contributed by atoms with Gasteiger partial charge in [-0.2, -0.15) is 0 Å². The summed E-state index contributed by atoms with van der Waals surface area (Å²) in [6, 6.07) is 3.55. The Labute approximate surface area is 178 Å². The zero-order valence-electron chi connectivity index (χ0n) is 15.8. The van der Waals surface area contributed by atoms with Gasteiger partial charge in [0.15, 0.2) is 0 Å². The van der Waals surface area contributed by atoms with Gasteiger partial charge in [0.05, 0.1) is 15.9 Å². The molecule has 1 aliphatic carbocycles. The first-order valence-corrected chi connectivity index (χ1v) is 10.7. The normalized spacial score (nSPS) is 17.3. The molecular formula is C21H15ClF2N2O3S. The predicted molar refractivity (Wildman–Crippen MR) is 111 cm³/mol. The van der Waals surface area contributed by atoms with Crippen LogP contribution in [0, 0.1) is 24.0 Å². The van der Waals surface area contributed by atoms with Crippen molar-refractivity contribution in [3.8, 4) is 11.1 Å². The third kappa shape index (κ3) is 2.77. The number of aryl methyl sites for hydroxylation is 1. The molecule has 0 bridgehead atoms. The second kappa shape index (κ2) is 6.52. The Morgan fingerprint density at radius 2 is 1.87 bits per heavy atom. The van der Waals surface area contributed by atoms with Crippen molar-refractivity contribution in [2.75, 3.05) is 5.75 Å². The number of carbonyl (C=O) groups is 1. The molecule has 2 heterocycles. The maximum atomic E-state index is 14.8. The molecule has 0 saturated heterocycles. The van der Waals surface area contributed by atoms with E-state index < -0.39 is 22.9 Å². The van der Waals surface area contributed by atoms with E-state index in [9.17, 15) is 23.2 Å². The second-order valence-electron chi connectivity index (χ2n) is 8.07. The van der Waals surface area contributed by atoms with Crippen LogP contribution >= 0.6 is 23.4 Å². The van der Waals surface area contributed by atoms with Crippen LogP contribution in [0.1, 0.15) is 18.4 Å². The summed E-state index contributed by atoms with van der Waals surface area (Å²) < 4.78 is 30.0. The van der Waals surface area contributed by atoms with Crippen LogP contribution in [-0.2, 0) is 11.3 Å². The van der Waals surface area contributed by atoms with Crippen molar-refractivity contribution in [2.24, 2.45) is 5.41 Å². The van der Waals surface area contributed by atoms with Gasteiger partial charge in [0.1, 0.15) is 17.4 Å². The largest absolute Gasteiger partial charge is 0.328 e.